The van der Waals surface area contributed by atoms with Crippen LogP contribution < -0.4 is 5.32 Å². The summed E-state index contributed by atoms with van der Waals surface area (Å²) in [6.07, 6.45) is 2.05. The average molecular weight is 263 g/mol. The molecule has 1 unspecified atom stereocenters. The minimum atomic E-state index is -0.469. The van der Waals surface area contributed by atoms with Gasteiger partial charge in [-0.05, 0) is 31.5 Å². The van der Waals surface area contributed by atoms with Gasteiger partial charge in [-0.2, -0.15) is 0 Å². The van der Waals surface area contributed by atoms with Gasteiger partial charge in [0, 0.05) is 37.3 Å². The van der Waals surface area contributed by atoms with Crippen LogP contribution in [-0.4, -0.2) is 41.9 Å². The molecule has 0 aromatic heterocycles. The molecule has 1 aromatic rings. The van der Waals surface area contributed by atoms with Crippen LogP contribution >= 0.6 is 0 Å². The summed E-state index contributed by atoms with van der Waals surface area (Å²) in [6, 6.07) is 5.93. The van der Waals surface area contributed by atoms with E-state index < -0.39 is 4.92 Å². The second kappa shape index (κ2) is 5.79. The minimum absolute atomic E-state index is 0.00136. The van der Waals surface area contributed by atoms with Crippen LogP contribution in [0.5, 0.6) is 0 Å². The molecular weight excluding hydrogens is 246 g/mol. The number of piperidine rings is 1. The maximum atomic E-state index is 12.3. The third-order valence-corrected chi connectivity index (χ3v) is 3.46. The Morgan fingerprint density at radius 1 is 1.42 bits per heavy atom. The summed E-state index contributed by atoms with van der Waals surface area (Å²) in [5.74, 6) is -0.0939. The molecule has 19 heavy (non-hydrogen) atoms. The molecule has 1 heterocycles. The molecule has 0 radical (unpaired) electrons. The predicted octanol–water partition coefficient (Wildman–Crippen LogP) is 1.42. The highest BCUT2D eigenvalue weighted by Gasteiger charge is 2.23. The Hall–Kier alpha value is -1.95. The number of hydrogen-bond donors (Lipinski definition) is 1. The Balaban J connectivity index is 2.07. The molecule has 6 heteroatoms. The molecule has 6 nitrogen and oxygen atoms in total. The van der Waals surface area contributed by atoms with Gasteiger partial charge in [0.05, 0.1) is 4.92 Å². The largest absolute Gasteiger partial charge is 0.337 e. The molecule has 1 aliphatic rings. The fourth-order valence-corrected chi connectivity index (χ4v) is 2.26. The highest BCUT2D eigenvalue weighted by atomic mass is 16.6. The van der Waals surface area contributed by atoms with Crippen molar-refractivity contribution in [3.63, 3.8) is 0 Å². The Bertz CT molecular complexity index is 467. The number of benzene rings is 1. The number of nitrogens with zero attached hydrogens (tertiary/aromatic N) is 2. The molecule has 0 saturated carbocycles. The van der Waals surface area contributed by atoms with Gasteiger partial charge in [-0.25, -0.2) is 0 Å². The highest BCUT2D eigenvalue weighted by molar-refractivity contribution is 5.94. The lowest BCUT2D eigenvalue weighted by atomic mass is 10.1. The van der Waals surface area contributed by atoms with Crippen LogP contribution in [-0.2, 0) is 0 Å². The van der Waals surface area contributed by atoms with E-state index in [1.807, 2.05) is 0 Å². The van der Waals surface area contributed by atoms with E-state index in [1.165, 1.54) is 24.3 Å². The van der Waals surface area contributed by atoms with Crippen molar-refractivity contribution in [2.24, 2.45) is 0 Å². The summed E-state index contributed by atoms with van der Waals surface area (Å²) in [6.45, 7) is 1.80. The zero-order chi connectivity index (χ0) is 13.8. The Kier molecular flexibility index (Phi) is 4.11. The molecule has 1 aliphatic heterocycles. The van der Waals surface area contributed by atoms with Gasteiger partial charge >= 0.3 is 0 Å². The number of rotatable bonds is 3. The number of nitro groups is 1. The number of likely N-dealkylation sites (N-methyl/N-ethyl adjacent to an activating group) is 1. The van der Waals surface area contributed by atoms with E-state index in [9.17, 15) is 14.9 Å². The van der Waals surface area contributed by atoms with Crippen molar-refractivity contribution in [3.05, 3.63) is 39.9 Å². The third-order valence-electron chi connectivity index (χ3n) is 3.46. The van der Waals surface area contributed by atoms with E-state index in [0.29, 0.717) is 5.56 Å². The molecule has 1 fully saturated rings. The van der Waals surface area contributed by atoms with E-state index >= 15 is 0 Å². The lowest BCUT2D eigenvalue weighted by Crippen LogP contribution is -2.46. The molecule has 0 bridgehead atoms. The topological polar surface area (TPSA) is 75.5 Å². The quantitative estimate of drug-likeness (QED) is 0.661. The number of non-ortho nitro benzene ring substituents is 1. The third kappa shape index (κ3) is 3.08. The van der Waals surface area contributed by atoms with Crippen molar-refractivity contribution in [3.8, 4) is 0 Å². The molecule has 1 amide bonds. The van der Waals surface area contributed by atoms with E-state index in [4.69, 9.17) is 0 Å². The van der Waals surface area contributed by atoms with Gasteiger partial charge in [0.25, 0.3) is 11.6 Å². The summed E-state index contributed by atoms with van der Waals surface area (Å²) in [7, 11) is 1.78. The van der Waals surface area contributed by atoms with Crippen molar-refractivity contribution in [2.45, 2.75) is 18.9 Å². The summed E-state index contributed by atoms with van der Waals surface area (Å²) >= 11 is 0. The minimum Gasteiger partial charge on any atom is -0.337 e. The zero-order valence-electron chi connectivity index (χ0n) is 10.8. The lowest BCUT2D eigenvalue weighted by Gasteiger charge is -2.31. The van der Waals surface area contributed by atoms with Crippen molar-refractivity contribution in [1.82, 2.24) is 10.2 Å². The smallest absolute Gasteiger partial charge is 0.269 e. The van der Waals surface area contributed by atoms with Gasteiger partial charge in [0.1, 0.15) is 0 Å². The molecule has 102 valence electrons. The van der Waals surface area contributed by atoms with Crippen molar-refractivity contribution in [2.75, 3.05) is 20.1 Å². The van der Waals surface area contributed by atoms with E-state index in [1.54, 1.807) is 11.9 Å². The van der Waals surface area contributed by atoms with Crippen LogP contribution in [0.3, 0.4) is 0 Å². The maximum absolute atomic E-state index is 12.3. The number of amides is 1. The monoisotopic (exact) mass is 263 g/mol. The molecule has 1 aromatic carbocycles. The van der Waals surface area contributed by atoms with Crippen LogP contribution in [0, 0.1) is 10.1 Å². The summed E-state index contributed by atoms with van der Waals surface area (Å²) in [5.41, 5.74) is 0.484. The molecule has 0 aliphatic carbocycles. The number of nitro benzene ring substituents is 1. The first-order valence-electron chi connectivity index (χ1n) is 6.32. The number of nitrogens with one attached hydrogen (secondary N) is 1. The number of carbonyl (C=O) groups is 1. The van der Waals surface area contributed by atoms with Gasteiger partial charge in [-0.3, -0.25) is 14.9 Å². The van der Waals surface area contributed by atoms with Crippen LogP contribution in [0.1, 0.15) is 23.2 Å². The molecule has 1 N–H and O–H groups in total. The summed E-state index contributed by atoms with van der Waals surface area (Å²) in [5, 5.41) is 13.8. The average Bonchev–Trinajstić information content (AvgIpc) is 2.46. The lowest BCUT2D eigenvalue weighted by molar-refractivity contribution is -0.384. The van der Waals surface area contributed by atoms with Crippen LogP contribution in [0.4, 0.5) is 5.69 Å². The molecule has 0 spiro atoms. The van der Waals surface area contributed by atoms with Crippen molar-refractivity contribution >= 4 is 11.6 Å². The van der Waals surface area contributed by atoms with Crippen molar-refractivity contribution < 1.29 is 9.72 Å². The molecular formula is C13H17N3O3. The van der Waals surface area contributed by atoms with Crippen LogP contribution in [0.25, 0.3) is 0 Å². The second-order valence-corrected chi connectivity index (χ2v) is 4.72. The first kappa shape index (κ1) is 13.5. The first-order chi connectivity index (χ1) is 9.09. The SMILES string of the molecule is CN(C(=O)c1ccc([N+](=O)[O-])cc1)C1CCCNC1. The molecule has 2 rings (SSSR count). The standard InChI is InChI=1S/C13H17N3O3/c1-15(12-3-2-8-14-9-12)13(17)10-4-6-11(7-5-10)16(18)19/h4-7,12,14H,2-3,8-9H2,1H3. The highest BCUT2D eigenvalue weighted by Crippen LogP contribution is 2.16. The van der Waals surface area contributed by atoms with E-state index in [2.05, 4.69) is 5.32 Å². The van der Waals surface area contributed by atoms with Crippen LogP contribution in [0.2, 0.25) is 0 Å². The summed E-state index contributed by atoms with van der Waals surface area (Å²) in [4.78, 5) is 24.1. The Morgan fingerprint density at radius 2 is 2.11 bits per heavy atom. The van der Waals surface area contributed by atoms with Gasteiger partial charge in [0.2, 0.25) is 0 Å². The van der Waals surface area contributed by atoms with Gasteiger partial charge in [-0.1, -0.05) is 0 Å². The van der Waals surface area contributed by atoms with Gasteiger partial charge < -0.3 is 10.2 Å². The Labute approximate surface area is 111 Å². The van der Waals surface area contributed by atoms with Gasteiger partial charge in [-0.15, -0.1) is 0 Å². The second-order valence-electron chi connectivity index (χ2n) is 4.72. The van der Waals surface area contributed by atoms with E-state index in [0.717, 1.165) is 25.9 Å². The first-order valence-corrected chi connectivity index (χ1v) is 6.32. The fourth-order valence-electron chi connectivity index (χ4n) is 2.26. The predicted molar refractivity (Wildman–Crippen MR) is 71.1 cm³/mol. The molecule has 1 atom stereocenters. The fraction of sp³-hybridized carbons (Fsp3) is 0.462. The maximum Gasteiger partial charge on any atom is 0.269 e. The molecule has 1 saturated heterocycles. The Morgan fingerprint density at radius 3 is 2.63 bits per heavy atom. The zero-order valence-corrected chi connectivity index (χ0v) is 10.8. The number of carbonyl (C=O) groups excluding carboxylic acids is 1. The van der Waals surface area contributed by atoms with Crippen molar-refractivity contribution in [1.29, 1.82) is 0 Å². The van der Waals surface area contributed by atoms with Crippen LogP contribution in [0.15, 0.2) is 24.3 Å². The van der Waals surface area contributed by atoms with E-state index in [-0.39, 0.29) is 17.6 Å². The summed E-state index contributed by atoms with van der Waals surface area (Å²) < 4.78 is 0. The number of hydrogen-bond acceptors (Lipinski definition) is 4. The van der Waals surface area contributed by atoms with Gasteiger partial charge in [0.15, 0.2) is 0 Å². The normalized spacial score (nSPS) is 18.9.